The summed E-state index contributed by atoms with van der Waals surface area (Å²) < 4.78 is 1.55. The maximum atomic E-state index is 12.6. The maximum Gasteiger partial charge on any atom is 0.273 e. The van der Waals surface area contributed by atoms with E-state index in [0.29, 0.717) is 12.2 Å². The van der Waals surface area contributed by atoms with Crippen molar-refractivity contribution in [3.05, 3.63) is 44.3 Å². The van der Waals surface area contributed by atoms with Gasteiger partial charge in [0.1, 0.15) is 5.69 Å². The van der Waals surface area contributed by atoms with E-state index in [2.05, 4.69) is 10.1 Å². The summed E-state index contributed by atoms with van der Waals surface area (Å²) in [5, 5.41) is 6.35. The molecule has 0 aromatic carbocycles. The van der Waals surface area contributed by atoms with Crippen molar-refractivity contribution in [2.45, 2.75) is 37.6 Å². The minimum atomic E-state index is -0.0655. The van der Waals surface area contributed by atoms with Gasteiger partial charge in [-0.3, -0.25) is 9.59 Å². The van der Waals surface area contributed by atoms with Gasteiger partial charge in [0.25, 0.3) is 11.5 Å². The van der Waals surface area contributed by atoms with E-state index in [-0.39, 0.29) is 17.5 Å². The van der Waals surface area contributed by atoms with Gasteiger partial charge in [-0.25, -0.2) is 9.67 Å². The fourth-order valence-electron chi connectivity index (χ4n) is 3.34. The van der Waals surface area contributed by atoms with Gasteiger partial charge in [0.15, 0.2) is 0 Å². The van der Waals surface area contributed by atoms with Crippen LogP contribution in [0.4, 0.5) is 0 Å². The van der Waals surface area contributed by atoms with Crippen LogP contribution in [-0.2, 0) is 18.7 Å². The van der Waals surface area contributed by atoms with Gasteiger partial charge in [-0.1, -0.05) is 0 Å². The van der Waals surface area contributed by atoms with Crippen molar-refractivity contribution in [3.63, 3.8) is 0 Å². The summed E-state index contributed by atoms with van der Waals surface area (Å²) in [6, 6.07) is 1.73. The lowest BCUT2D eigenvalue weighted by Crippen LogP contribution is -2.41. The van der Waals surface area contributed by atoms with Crippen molar-refractivity contribution in [3.8, 4) is 0 Å². The zero-order valence-corrected chi connectivity index (χ0v) is 14.8. The second kappa shape index (κ2) is 6.68. The molecule has 8 heteroatoms. The summed E-state index contributed by atoms with van der Waals surface area (Å²) in [6.07, 6.45) is 2.76. The number of carbonyl (C=O) groups excluding carboxylic acids is 1. The van der Waals surface area contributed by atoms with Crippen molar-refractivity contribution >= 4 is 29.0 Å². The molecule has 6 nitrogen and oxygen atoms in total. The highest BCUT2D eigenvalue weighted by molar-refractivity contribution is 7.98. The molecule has 0 aliphatic carbocycles. The third kappa shape index (κ3) is 3.00. The van der Waals surface area contributed by atoms with Gasteiger partial charge in [-0.15, -0.1) is 11.3 Å². The number of fused-ring (bicyclic) bond motifs is 1. The Labute approximate surface area is 147 Å². The smallest absolute Gasteiger partial charge is 0.273 e. The molecule has 0 radical (unpaired) electrons. The first-order valence-electron chi connectivity index (χ1n) is 8.09. The number of nitrogens with zero attached hydrogens (tertiary/aromatic N) is 4. The maximum absolute atomic E-state index is 12.6. The van der Waals surface area contributed by atoms with Gasteiger partial charge in [-0.2, -0.15) is 16.9 Å². The predicted molar refractivity (Wildman–Crippen MR) is 94.5 cm³/mol. The van der Waals surface area contributed by atoms with Crippen LogP contribution in [0.1, 0.15) is 34.6 Å². The van der Waals surface area contributed by atoms with Crippen molar-refractivity contribution < 1.29 is 4.79 Å². The third-order valence-electron chi connectivity index (χ3n) is 4.58. The molecule has 2 aliphatic rings. The molecule has 1 saturated heterocycles. The van der Waals surface area contributed by atoms with Crippen LogP contribution in [0.3, 0.4) is 0 Å². The summed E-state index contributed by atoms with van der Waals surface area (Å²) in [6.45, 7) is 1.19. The Morgan fingerprint density at radius 3 is 3.17 bits per heavy atom. The van der Waals surface area contributed by atoms with Gasteiger partial charge in [0.05, 0.1) is 23.8 Å². The Bertz CT molecular complexity index is 803. The van der Waals surface area contributed by atoms with E-state index in [4.69, 9.17) is 0 Å². The van der Waals surface area contributed by atoms with Crippen molar-refractivity contribution in [1.29, 1.82) is 0 Å². The number of hydrogen-bond acceptors (Lipinski definition) is 6. The first-order valence-corrected chi connectivity index (χ1v) is 10.2. The molecule has 0 spiro atoms. The molecule has 2 aliphatic heterocycles. The van der Waals surface area contributed by atoms with Gasteiger partial charge < -0.3 is 4.90 Å². The zero-order chi connectivity index (χ0) is 16.5. The molecule has 1 amide bonds. The molecule has 1 unspecified atom stereocenters. The molecule has 1 atom stereocenters. The van der Waals surface area contributed by atoms with E-state index < -0.39 is 0 Å². The van der Waals surface area contributed by atoms with Gasteiger partial charge in [0.2, 0.25) is 0 Å². The Kier molecular flexibility index (Phi) is 4.41. The second-order valence-corrected chi connectivity index (χ2v) is 7.93. The summed E-state index contributed by atoms with van der Waals surface area (Å²) in [5.74, 6) is 1.88. The molecule has 0 N–H and O–H groups in total. The van der Waals surface area contributed by atoms with Crippen molar-refractivity contribution in [2.75, 3.05) is 12.3 Å². The molecule has 2 aromatic heterocycles. The molecule has 4 rings (SSSR count). The largest absolute Gasteiger partial charge is 0.332 e. The number of thiazole rings is 1. The summed E-state index contributed by atoms with van der Waals surface area (Å²) in [7, 11) is 0. The lowest BCUT2D eigenvalue weighted by Gasteiger charge is -2.25. The number of aromatic nitrogens is 3. The summed E-state index contributed by atoms with van der Waals surface area (Å²) >= 11 is 3.26. The van der Waals surface area contributed by atoms with Crippen LogP contribution < -0.4 is 5.56 Å². The number of likely N-dealkylation sites (tertiary alicyclic amines) is 1. The average molecular weight is 362 g/mol. The Balaban J connectivity index is 1.56. The van der Waals surface area contributed by atoms with E-state index in [9.17, 15) is 9.59 Å². The fourth-order valence-corrected chi connectivity index (χ4v) is 4.82. The van der Waals surface area contributed by atoms with Gasteiger partial charge in [-0.05, 0) is 24.2 Å². The quantitative estimate of drug-likeness (QED) is 0.833. The Hall–Kier alpha value is -1.67. The highest BCUT2D eigenvalue weighted by Gasteiger charge is 2.31. The molecule has 0 saturated carbocycles. The highest BCUT2D eigenvalue weighted by Crippen LogP contribution is 2.23. The SMILES string of the molecule is O=C(c1cscn1)N1CCCC1Cn1nc2c(cc1=O)CSCC2. The normalized spacial score (nSPS) is 20.2. The lowest BCUT2D eigenvalue weighted by atomic mass is 10.2. The topological polar surface area (TPSA) is 68.1 Å². The fraction of sp³-hybridized carbons (Fsp3) is 0.500. The Morgan fingerprint density at radius 2 is 2.33 bits per heavy atom. The molecule has 0 bridgehead atoms. The van der Waals surface area contributed by atoms with E-state index in [1.807, 2.05) is 16.7 Å². The number of aryl methyl sites for hydroxylation is 1. The summed E-state index contributed by atoms with van der Waals surface area (Å²) in [4.78, 5) is 30.9. The first kappa shape index (κ1) is 15.8. The molecule has 24 heavy (non-hydrogen) atoms. The van der Waals surface area contributed by atoms with Crippen LogP contribution >= 0.6 is 23.1 Å². The zero-order valence-electron chi connectivity index (χ0n) is 13.2. The number of carbonyl (C=O) groups is 1. The van der Waals surface area contributed by atoms with Crippen LogP contribution in [0.25, 0.3) is 0 Å². The molecular weight excluding hydrogens is 344 g/mol. The number of rotatable bonds is 3. The van der Waals surface area contributed by atoms with E-state index >= 15 is 0 Å². The van der Waals surface area contributed by atoms with E-state index in [1.165, 1.54) is 11.3 Å². The predicted octanol–water partition coefficient (Wildman–Crippen LogP) is 1.79. The van der Waals surface area contributed by atoms with Gasteiger partial charge in [0, 0.05) is 30.2 Å². The van der Waals surface area contributed by atoms with Crippen LogP contribution in [-0.4, -0.2) is 43.9 Å². The molecule has 2 aromatic rings. The molecule has 4 heterocycles. The van der Waals surface area contributed by atoms with Crippen molar-refractivity contribution in [2.24, 2.45) is 0 Å². The first-order chi connectivity index (χ1) is 11.7. The van der Waals surface area contributed by atoms with Crippen LogP contribution in [0.2, 0.25) is 0 Å². The van der Waals surface area contributed by atoms with Crippen LogP contribution in [0.15, 0.2) is 21.8 Å². The van der Waals surface area contributed by atoms with Crippen molar-refractivity contribution in [1.82, 2.24) is 19.7 Å². The minimum absolute atomic E-state index is 0.0143. The third-order valence-corrected chi connectivity index (χ3v) is 6.17. The average Bonchev–Trinajstić information content (AvgIpc) is 3.26. The standard InChI is InChI=1S/C16H18N4O2S2/c21-15-6-11-8-23-5-3-13(11)18-20(15)7-12-2-1-4-19(12)16(22)14-9-24-10-17-14/h6,9-10,12H,1-5,7-8H2. The molecule has 126 valence electrons. The number of hydrogen-bond donors (Lipinski definition) is 0. The monoisotopic (exact) mass is 362 g/mol. The van der Waals surface area contributed by atoms with E-state index in [0.717, 1.165) is 48.6 Å². The molecule has 1 fully saturated rings. The minimum Gasteiger partial charge on any atom is -0.332 e. The molecular formula is C16H18N4O2S2. The van der Waals surface area contributed by atoms with Crippen LogP contribution in [0.5, 0.6) is 0 Å². The van der Waals surface area contributed by atoms with Gasteiger partial charge >= 0.3 is 0 Å². The summed E-state index contributed by atoms with van der Waals surface area (Å²) in [5.41, 5.74) is 4.20. The highest BCUT2D eigenvalue weighted by atomic mass is 32.2. The second-order valence-electron chi connectivity index (χ2n) is 6.11. The Morgan fingerprint density at radius 1 is 1.42 bits per heavy atom. The number of thioether (sulfide) groups is 1. The lowest BCUT2D eigenvalue weighted by molar-refractivity contribution is 0.0715. The number of amides is 1. The van der Waals surface area contributed by atoms with E-state index in [1.54, 1.807) is 21.6 Å². The van der Waals surface area contributed by atoms with Crippen LogP contribution in [0, 0.1) is 0 Å².